The van der Waals surface area contributed by atoms with Gasteiger partial charge in [0.25, 0.3) is 11.8 Å². The average Bonchev–Trinajstić information content (AvgIpc) is 3.52. The SMILES string of the molecule is CCOc1ccc(-c2noc(CN3N=N[C@H]4C(=O)N(c5cccc(F)c5)C(=O)[C@@H]43)n2)cc1OC. The molecule has 12 heteroatoms. The van der Waals surface area contributed by atoms with E-state index >= 15 is 0 Å². The highest BCUT2D eigenvalue weighted by Gasteiger charge is 2.55. The number of anilines is 1. The summed E-state index contributed by atoms with van der Waals surface area (Å²) in [4.78, 5) is 31.1. The summed E-state index contributed by atoms with van der Waals surface area (Å²) in [6.07, 6.45) is 0. The van der Waals surface area contributed by atoms with Gasteiger partial charge in [-0.15, -0.1) is 0 Å². The summed E-state index contributed by atoms with van der Waals surface area (Å²) in [5, 5.41) is 13.2. The van der Waals surface area contributed by atoms with Gasteiger partial charge in [0.05, 0.1) is 19.4 Å². The van der Waals surface area contributed by atoms with Crippen molar-refractivity contribution in [1.29, 1.82) is 0 Å². The number of carbonyl (C=O) groups excluding carboxylic acids is 2. The zero-order chi connectivity index (χ0) is 23.8. The largest absolute Gasteiger partial charge is 0.493 e. The molecule has 11 nitrogen and oxygen atoms in total. The van der Waals surface area contributed by atoms with E-state index in [0.717, 1.165) is 11.0 Å². The standard InChI is InChI=1S/C22H19FN6O5/c1-3-33-15-8-7-12(9-16(15)32-2)20-24-17(34-26-20)11-28-19-18(25-27-28)21(30)29(22(19)31)14-6-4-5-13(23)10-14/h4-10,18-19H,3,11H2,1-2H3/t18-,19-/m1/s1. The first-order valence-corrected chi connectivity index (χ1v) is 10.4. The molecule has 1 aromatic heterocycles. The van der Waals surface area contributed by atoms with E-state index in [0.29, 0.717) is 29.5 Å². The number of imide groups is 1. The summed E-state index contributed by atoms with van der Waals surface area (Å²) in [5.74, 6) is -0.0899. The Labute approximate surface area is 192 Å². The second kappa shape index (κ2) is 8.54. The Morgan fingerprint density at radius 2 is 1.97 bits per heavy atom. The minimum Gasteiger partial charge on any atom is -0.493 e. The molecule has 2 atom stereocenters. The first-order chi connectivity index (χ1) is 16.5. The molecule has 0 aliphatic carbocycles. The van der Waals surface area contributed by atoms with Gasteiger partial charge in [-0.1, -0.05) is 16.4 Å². The Bertz CT molecular complexity index is 1290. The molecule has 3 heterocycles. The van der Waals surface area contributed by atoms with E-state index in [1.54, 1.807) is 18.2 Å². The number of fused-ring (bicyclic) bond motifs is 1. The summed E-state index contributed by atoms with van der Waals surface area (Å²) in [6, 6.07) is 8.50. The van der Waals surface area contributed by atoms with Crippen LogP contribution in [0.1, 0.15) is 12.8 Å². The van der Waals surface area contributed by atoms with Crippen LogP contribution >= 0.6 is 0 Å². The smallest absolute Gasteiger partial charge is 0.263 e. The molecular weight excluding hydrogens is 447 g/mol. The topological polar surface area (TPSA) is 123 Å². The summed E-state index contributed by atoms with van der Waals surface area (Å²) < 4.78 is 29.8. The second-order valence-corrected chi connectivity index (χ2v) is 7.49. The zero-order valence-electron chi connectivity index (χ0n) is 18.2. The van der Waals surface area contributed by atoms with Gasteiger partial charge in [-0.2, -0.15) is 10.1 Å². The first-order valence-electron chi connectivity index (χ1n) is 10.4. The highest BCUT2D eigenvalue weighted by Crippen LogP contribution is 2.34. The number of aromatic nitrogens is 2. The van der Waals surface area contributed by atoms with Crippen LogP contribution in [0.4, 0.5) is 10.1 Å². The number of hydrogen-bond acceptors (Lipinski definition) is 10. The number of hydrogen-bond donors (Lipinski definition) is 0. The highest BCUT2D eigenvalue weighted by molar-refractivity contribution is 6.25. The van der Waals surface area contributed by atoms with Crippen LogP contribution in [-0.2, 0) is 16.1 Å². The molecule has 1 fully saturated rings. The number of carbonyl (C=O) groups is 2. The predicted molar refractivity (Wildman–Crippen MR) is 114 cm³/mol. The zero-order valence-corrected chi connectivity index (χ0v) is 18.2. The third-order valence-corrected chi connectivity index (χ3v) is 5.41. The molecule has 5 rings (SSSR count). The number of rotatable bonds is 7. The summed E-state index contributed by atoms with van der Waals surface area (Å²) >= 11 is 0. The first kappa shape index (κ1) is 21.5. The molecule has 3 aromatic rings. The quantitative estimate of drug-likeness (QED) is 0.487. The van der Waals surface area contributed by atoms with E-state index in [1.165, 1.54) is 30.3 Å². The van der Waals surface area contributed by atoms with Crippen molar-refractivity contribution in [2.45, 2.75) is 25.6 Å². The van der Waals surface area contributed by atoms with E-state index in [4.69, 9.17) is 14.0 Å². The van der Waals surface area contributed by atoms with Crippen molar-refractivity contribution < 1.29 is 28.0 Å². The minimum absolute atomic E-state index is 0.0398. The van der Waals surface area contributed by atoms with Crippen molar-refractivity contribution in [3.8, 4) is 22.9 Å². The Kier molecular flexibility index (Phi) is 5.40. The van der Waals surface area contributed by atoms with Crippen LogP contribution in [0.5, 0.6) is 11.5 Å². The molecule has 2 aromatic carbocycles. The highest BCUT2D eigenvalue weighted by atomic mass is 19.1. The van der Waals surface area contributed by atoms with Crippen LogP contribution in [0.15, 0.2) is 57.3 Å². The van der Waals surface area contributed by atoms with Gasteiger partial charge in [-0.3, -0.25) is 14.6 Å². The Balaban J connectivity index is 1.34. The van der Waals surface area contributed by atoms with Crippen LogP contribution in [0.25, 0.3) is 11.4 Å². The number of amides is 2. The molecule has 0 unspecified atom stereocenters. The number of ether oxygens (including phenoxy) is 2. The Hall–Kier alpha value is -4.35. The normalized spacial score (nSPS) is 19.1. The molecule has 174 valence electrons. The lowest BCUT2D eigenvalue weighted by Gasteiger charge is -2.19. The second-order valence-electron chi connectivity index (χ2n) is 7.49. The third kappa shape index (κ3) is 3.62. The van der Waals surface area contributed by atoms with E-state index in [1.807, 2.05) is 6.92 Å². The molecule has 2 amide bonds. The maximum atomic E-state index is 13.6. The van der Waals surface area contributed by atoms with Crippen LogP contribution in [0.3, 0.4) is 0 Å². The summed E-state index contributed by atoms with van der Waals surface area (Å²) in [7, 11) is 1.53. The van der Waals surface area contributed by atoms with E-state index in [2.05, 4.69) is 20.5 Å². The van der Waals surface area contributed by atoms with Gasteiger partial charge in [-0.05, 0) is 43.3 Å². The summed E-state index contributed by atoms with van der Waals surface area (Å²) in [5.41, 5.74) is 0.782. The van der Waals surface area contributed by atoms with Crippen molar-refractivity contribution in [3.05, 3.63) is 54.2 Å². The fourth-order valence-corrected chi connectivity index (χ4v) is 3.88. The molecule has 0 radical (unpaired) electrons. The van der Waals surface area contributed by atoms with Gasteiger partial charge < -0.3 is 14.0 Å². The Morgan fingerprint density at radius 1 is 1.12 bits per heavy atom. The third-order valence-electron chi connectivity index (χ3n) is 5.41. The predicted octanol–water partition coefficient (Wildman–Crippen LogP) is 2.78. The molecule has 0 spiro atoms. The lowest BCUT2D eigenvalue weighted by Crippen LogP contribution is -2.39. The number of benzene rings is 2. The van der Waals surface area contributed by atoms with Gasteiger partial charge in [-0.25, -0.2) is 9.29 Å². The van der Waals surface area contributed by atoms with Gasteiger partial charge in [0.15, 0.2) is 23.6 Å². The molecule has 34 heavy (non-hydrogen) atoms. The molecule has 2 aliphatic heterocycles. The van der Waals surface area contributed by atoms with Crippen molar-refractivity contribution in [2.75, 3.05) is 18.6 Å². The maximum absolute atomic E-state index is 13.6. The Morgan fingerprint density at radius 3 is 2.74 bits per heavy atom. The lowest BCUT2D eigenvalue weighted by atomic mass is 10.1. The van der Waals surface area contributed by atoms with Crippen molar-refractivity contribution >= 4 is 17.5 Å². The lowest BCUT2D eigenvalue weighted by molar-refractivity contribution is -0.123. The fourth-order valence-electron chi connectivity index (χ4n) is 3.88. The molecular formula is C22H19FN6O5. The fraction of sp³-hybridized carbons (Fsp3) is 0.273. The van der Waals surface area contributed by atoms with Crippen LogP contribution in [0, 0.1) is 5.82 Å². The van der Waals surface area contributed by atoms with Crippen LogP contribution < -0.4 is 14.4 Å². The monoisotopic (exact) mass is 466 g/mol. The number of methoxy groups -OCH3 is 1. The molecule has 2 aliphatic rings. The van der Waals surface area contributed by atoms with Gasteiger partial charge in [0, 0.05) is 5.56 Å². The van der Waals surface area contributed by atoms with Crippen molar-refractivity contribution in [2.24, 2.45) is 10.3 Å². The molecule has 1 saturated heterocycles. The van der Waals surface area contributed by atoms with Crippen LogP contribution in [-0.4, -0.2) is 52.8 Å². The number of nitrogens with zero attached hydrogens (tertiary/aromatic N) is 6. The van der Waals surface area contributed by atoms with Crippen molar-refractivity contribution in [3.63, 3.8) is 0 Å². The van der Waals surface area contributed by atoms with E-state index in [9.17, 15) is 14.0 Å². The minimum atomic E-state index is -1.02. The number of halogens is 1. The molecule has 0 saturated carbocycles. The van der Waals surface area contributed by atoms with Gasteiger partial charge >= 0.3 is 0 Å². The van der Waals surface area contributed by atoms with Gasteiger partial charge in [0.1, 0.15) is 12.4 Å². The molecule has 0 N–H and O–H groups in total. The summed E-state index contributed by atoms with van der Waals surface area (Å²) in [6.45, 7) is 2.33. The van der Waals surface area contributed by atoms with Gasteiger partial charge in [0.2, 0.25) is 11.7 Å². The average molecular weight is 466 g/mol. The van der Waals surface area contributed by atoms with E-state index < -0.39 is 29.7 Å². The molecule has 0 bridgehead atoms. The maximum Gasteiger partial charge on any atom is 0.263 e. The van der Waals surface area contributed by atoms with E-state index in [-0.39, 0.29) is 18.1 Å². The van der Waals surface area contributed by atoms with Crippen LogP contribution in [0.2, 0.25) is 0 Å². The van der Waals surface area contributed by atoms with Crippen molar-refractivity contribution in [1.82, 2.24) is 15.1 Å².